The molecule has 3 rings (SSSR count). The zero-order chi connectivity index (χ0) is 14.5. The molecule has 1 aromatic heterocycles. The van der Waals surface area contributed by atoms with Crippen LogP contribution in [0.25, 0.3) is 0 Å². The molecule has 5 nitrogen and oxygen atoms in total. The third-order valence-corrected chi connectivity index (χ3v) is 4.84. The molecule has 112 valence electrons. The number of benzene rings is 1. The first kappa shape index (κ1) is 14.6. The maximum atomic E-state index is 5.84. The molecule has 0 fully saturated rings. The minimum absolute atomic E-state index is 0.341. The van der Waals surface area contributed by atoms with Crippen molar-refractivity contribution in [3.05, 3.63) is 30.2 Å². The van der Waals surface area contributed by atoms with Gasteiger partial charge in [0.15, 0.2) is 11.5 Å². The zero-order valence-corrected chi connectivity index (χ0v) is 13.3. The molecule has 0 amide bonds. The number of hydrogen-bond donors (Lipinski definition) is 0. The lowest BCUT2D eigenvalue weighted by Gasteiger charge is -2.23. The van der Waals surface area contributed by atoms with Crippen LogP contribution in [0.2, 0.25) is 0 Å². The third-order valence-electron chi connectivity index (χ3n) is 2.86. The lowest BCUT2D eigenvalue weighted by molar-refractivity contribution is 0.0686. The van der Waals surface area contributed by atoms with E-state index in [4.69, 9.17) is 13.9 Å². The van der Waals surface area contributed by atoms with E-state index in [1.54, 1.807) is 11.8 Å². The summed E-state index contributed by atoms with van der Waals surface area (Å²) in [4.78, 5) is 0. The molecule has 0 saturated carbocycles. The Balaban J connectivity index is 1.59. The van der Waals surface area contributed by atoms with Crippen LogP contribution >= 0.6 is 23.5 Å². The third kappa shape index (κ3) is 3.65. The topological polar surface area (TPSA) is 57.4 Å². The molecule has 0 aliphatic carbocycles. The summed E-state index contributed by atoms with van der Waals surface area (Å²) in [7, 11) is 0. The first-order chi connectivity index (χ1) is 10.4. The number of rotatable bonds is 6. The number of aromatic nitrogens is 2. The second-order valence-corrected chi connectivity index (χ2v) is 6.76. The summed E-state index contributed by atoms with van der Waals surface area (Å²) >= 11 is 3.47. The van der Waals surface area contributed by atoms with Crippen LogP contribution in [0.5, 0.6) is 11.5 Å². The highest BCUT2D eigenvalue weighted by Crippen LogP contribution is 2.35. The smallest absolute Gasteiger partial charge is 0.276 e. The van der Waals surface area contributed by atoms with Gasteiger partial charge in [-0.15, -0.1) is 10.2 Å². The van der Waals surface area contributed by atoms with E-state index in [9.17, 15) is 0 Å². The molecule has 7 heteroatoms. The van der Waals surface area contributed by atoms with Gasteiger partial charge in [0.05, 0.1) is 0 Å². The molecule has 0 spiro atoms. The minimum atomic E-state index is -0.341. The predicted molar refractivity (Wildman–Crippen MR) is 83.3 cm³/mol. The van der Waals surface area contributed by atoms with Gasteiger partial charge in [0, 0.05) is 11.5 Å². The van der Waals surface area contributed by atoms with E-state index in [1.165, 1.54) is 0 Å². The van der Waals surface area contributed by atoms with Crippen LogP contribution in [0.3, 0.4) is 0 Å². The monoisotopic (exact) mass is 324 g/mol. The number of ether oxygens (including phenoxy) is 2. The Bertz CT molecular complexity index is 591. The van der Waals surface area contributed by atoms with Crippen LogP contribution in [0, 0.1) is 0 Å². The lowest BCUT2D eigenvalue weighted by Crippen LogP contribution is -2.21. The van der Waals surface area contributed by atoms with Crippen molar-refractivity contribution in [3.8, 4) is 11.5 Å². The molecule has 1 unspecified atom stereocenters. The van der Waals surface area contributed by atoms with E-state index < -0.39 is 0 Å². The number of nitrogens with zero attached hydrogens (tertiary/aromatic N) is 2. The molecular formula is C14H16N2O3S2. The predicted octanol–water partition coefficient (Wildman–Crippen LogP) is 3.43. The number of fused-ring (bicyclic) bond motifs is 1. The molecule has 21 heavy (non-hydrogen) atoms. The standard InChI is InChI=1S/C14H16N2O3S2/c1-2-20-7-8-21-14-16-15-13(19-14)12-9-17-10-5-3-4-6-11(10)18-12/h3-6,12H,2,7-9H2,1H3. The second-order valence-electron chi connectivity index (χ2n) is 4.32. The first-order valence-electron chi connectivity index (χ1n) is 6.79. The van der Waals surface area contributed by atoms with Gasteiger partial charge in [-0.3, -0.25) is 0 Å². The average molecular weight is 324 g/mol. The number of hydrogen-bond acceptors (Lipinski definition) is 7. The summed E-state index contributed by atoms with van der Waals surface area (Å²) in [5, 5.41) is 8.70. The lowest BCUT2D eigenvalue weighted by atomic mass is 10.2. The Morgan fingerprint density at radius 2 is 2.05 bits per heavy atom. The Hall–Kier alpha value is -1.34. The van der Waals surface area contributed by atoms with E-state index in [2.05, 4.69) is 17.1 Å². The highest BCUT2D eigenvalue weighted by Gasteiger charge is 2.27. The summed E-state index contributed by atoms with van der Waals surface area (Å²) in [5.41, 5.74) is 0. The van der Waals surface area contributed by atoms with Crippen LogP contribution in [0.1, 0.15) is 18.9 Å². The van der Waals surface area contributed by atoms with Gasteiger partial charge in [-0.05, 0) is 17.9 Å². The largest absolute Gasteiger partial charge is 0.485 e. The highest BCUT2D eigenvalue weighted by molar-refractivity contribution is 8.02. The van der Waals surface area contributed by atoms with Crippen molar-refractivity contribution >= 4 is 23.5 Å². The molecule has 0 N–H and O–H groups in total. The summed E-state index contributed by atoms with van der Waals surface area (Å²) in [6.45, 7) is 2.54. The Labute approximate surface area is 131 Å². The van der Waals surface area contributed by atoms with Crippen molar-refractivity contribution in [2.24, 2.45) is 0 Å². The Kier molecular flexibility index (Phi) is 4.92. The van der Waals surface area contributed by atoms with Crippen molar-refractivity contribution in [2.45, 2.75) is 18.3 Å². The summed E-state index contributed by atoms with van der Waals surface area (Å²) < 4.78 is 17.1. The Morgan fingerprint density at radius 3 is 2.90 bits per heavy atom. The van der Waals surface area contributed by atoms with Gasteiger partial charge < -0.3 is 13.9 Å². The van der Waals surface area contributed by atoms with E-state index in [-0.39, 0.29) is 6.10 Å². The molecular weight excluding hydrogens is 308 g/mol. The fraction of sp³-hybridized carbons (Fsp3) is 0.429. The van der Waals surface area contributed by atoms with Crippen LogP contribution in [0.4, 0.5) is 0 Å². The molecule has 1 aliphatic heterocycles. The molecule has 1 aliphatic rings. The van der Waals surface area contributed by atoms with Crippen molar-refractivity contribution in [1.82, 2.24) is 10.2 Å². The van der Waals surface area contributed by atoms with E-state index in [0.29, 0.717) is 23.5 Å². The summed E-state index contributed by atoms with van der Waals surface area (Å²) in [6, 6.07) is 7.57. The number of thioether (sulfide) groups is 2. The minimum Gasteiger partial charge on any atom is -0.485 e. The van der Waals surface area contributed by atoms with Crippen molar-refractivity contribution < 1.29 is 13.9 Å². The maximum Gasteiger partial charge on any atom is 0.276 e. The molecule has 0 bridgehead atoms. The first-order valence-corrected chi connectivity index (χ1v) is 8.93. The fourth-order valence-electron chi connectivity index (χ4n) is 1.88. The van der Waals surface area contributed by atoms with Gasteiger partial charge in [0.2, 0.25) is 6.10 Å². The molecule has 1 atom stereocenters. The van der Waals surface area contributed by atoms with Gasteiger partial charge in [0.1, 0.15) is 6.61 Å². The van der Waals surface area contributed by atoms with Crippen molar-refractivity contribution in [1.29, 1.82) is 0 Å². The van der Waals surface area contributed by atoms with E-state index in [1.807, 2.05) is 36.0 Å². The van der Waals surface area contributed by atoms with Crippen molar-refractivity contribution in [3.63, 3.8) is 0 Å². The molecule has 0 saturated heterocycles. The normalized spacial score (nSPS) is 16.9. The van der Waals surface area contributed by atoms with Crippen LogP contribution in [-0.2, 0) is 0 Å². The van der Waals surface area contributed by atoms with Gasteiger partial charge in [0.25, 0.3) is 11.1 Å². The van der Waals surface area contributed by atoms with Crippen molar-refractivity contribution in [2.75, 3.05) is 23.9 Å². The SMILES string of the molecule is CCSCCSc1nnc(C2COc3ccccc3O2)o1. The van der Waals surface area contributed by atoms with Gasteiger partial charge in [-0.1, -0.05) is 30.8 Å². The quantitative estimate of drug-likeness (QED) is 0.596. The highest BCUT2D eigenvalue weighted by atomic mass is 32.2. The van der Waals surface area contributed by atoms with Gasteiger partial charge in [-0.2, -0.15) is 11.8 Å². The average Bonchev–Trinajstić information content (AvgIpc) is 3.00. The van der Waals surface area contributed by atoms with Crippen LogP contribution in [0.15, 0.2) is 33.9 Å². The molecule has 1 aromatic carbocycles. The van der Waals surface area contributed by atoms with E-state index in [0.717, 1.165) is 23.0 Å². The molecule has 2 aromatic rings. The molecule has 2 heterocycles. The van der Waals surface area contributed by atoms with E-state index >= 15 is 0 Å². The van der Waals surface area contributed by atoms with Gasteiger partial charge >= 0.3 is 0 Å². The van der Waals surface area contributed by atoms with Crippen LogP contribution in [-0.4, -0.2) is 34.1 Å². The zero-order valence-electron chi connectivity index (χ0n) is 11.7. The summed E-state index contributed by atoms with van der Waals surface area (Å²) in [6.07, 6.45) is -0.341. The summed E-state index contributed by atoms with van der Waals surface area (Å²) in [5.74, 6) is 5.10. The molecule has 0 radical (unpaired) electrons. The Morgan fingerprint density at radius 1 is 1.19 bits per heavy atom. The van der Waals surface area contributed by atoms with Crippen LogP contribution < -0.4 is 9.47 Å². The maximum absolute atomic E-state index is 5.84. The second kappa shape index (κ2) is 7.09. The van der Waals surface area contributed by atoms with Gasteiger partial charge in [-0.25, -0.2) is 0 Å². The fourth-order valence-corrected chi connectivity index (χ4v) is 3.39. The number of para-hydroxylation sites is 2.